The van der Waals surface area contributed by atoms with E-state index in [0.717, 1.165) is 4.47 Å². The fourth-order valence-corrected chi connectivity index (χ4v) is 5.25. The Labute approximate surface area is 225 Å². The average Bonchev–Trinajstić information content (AvgIpc) is 2.93. The molecule has 0 amide bonds. The van der Waals surface area contributed by atoms with E-state index < -0.39 is 16.0 Å². The molecule has 3 rings (SSSR count). The summed E-state index contributed by atoms with van der Waals surface area (Å²) in [6.45, 7) is 1.93. The van der Waals surface area contributed by atoms with Crippen LogP contribution in [0.15, 0.2) is 45.3 Å². The second kappa shape index (κ2) is 11.1. The summed E-state index contributed by atoms with van der Waals surface area (Å²) in [5.74, 6) is 0. The lowest BCUT2D eigenvalue weighted by Crippen LogP contribution is -2.11. The second-order valence-corrected chi connectivity index (χ2v) is 10.9. The highest BCUT2D eigenvalue weighted by Crippen LogP contribution is 2.40. The number of aliphatic hydroxyl groups excluding tert-OH is 1. The summed E-state index contributed by atoms with van der Waals surface area (Å²) in [6, 6.07) is 4.79. The minimum atomic E-state index is -0.588. The molecule has 1 atom stereocenters. The molecule has 1 heterocycles. The third-order valence-electron chi connectivity index (χ3n) is 3.68. The van der Waals surface area contributed by atoms with Gasteiger partial charge in [-0.25, -0.2) is 4.98 Å². The first-order chi connectivity index (χ1) is 14.3. The normalized spacial score (nSPS) is 11.7. The number of aliphatic hydroxyl groups is 1. The van der Waals surface area contributed by atoms with Gasteiger partial charge in [0.1, 0.15) is 4.47 Å². The number of nitro groups is 2. The lowest BCUT2D eigenvalue weighted by molar-refractivity contribution is -0.385. The molecule has 15 heteroatoms. The predicted molar refractivity (Wildman–Crippen MR) is 137 cm³/mol. The van der Waals surface area contributed by atoms with Crippen LogP contribution in [-0.4, -0.2) is 30.6 Å². The number of aromatic nitrogens is 2. The maximum atomic E-state index is 11.2. The highest BCUT2D eigenvalue weighted by molar-refractivity contribution is 9.13. The Morgan fingerprint density at radius 3 is 2.06 bits per heavy atom. The Hall–Kier alpha value is -0.450. The number of halogens is 6. The van der Waals surface area contributed by atoms with E-state index in [0.29, 0.717) is 34.7 Å². The van der Waals surface area contributed by atoms with Crippen LogP contribution in [0.3, 0.4) is 0 Å². The van der Waals surface area contributed by atoms with E-state index in [1.807, 2.05) is 0 Å². The van der Waals surface area contributed by atoms with E-state index in [2.05, 4.69) is 101 Å². The molecule has 166 valence electrons. The van der Waals surface area contributed by atoms with Crippen molar-refractivity contribution in [1.29, 1.82) is 0 Å². The average molecular weight is 818 g/mol. The van der Waals surface area contributed by atoms with Gasteiger partial charge >= 0.3 is 5.69 Å². The smallest absolute Gasteiger partial charge is 0.312 e. The summed E-state index contributed by atoms with van der Waals surface area (Å²) >= 11 is 19.2. The lowest BCUT2D eigenvalue weighted by atomic mass is 10.2. The van der Waals surface area contributed by atoms with Crippen molar-refractivity contribution >= 4 is 118 Å². The molecular weight excluding hydrogens is 808 g/mol. The van der Waals surface area contributed by atoms with Crippen LogP contribution >= 0.6 is 95.6 Å². The zero-order chi connectivity index (χ0) is 23.6. The van der Waals surface area contributed by atoms with Crippen LogP contribution in [-0.2, 0) is 6.54 Å². The fourth-order valence-electron chi connectivity index (χ4n) is 2.41. The predicted octanol–water partition coefficient (Wildman–Crippen LogP) is 7.50. The van der Waals surface area contributed by atoms with Crippen LogP contribution < -0.4 is 0 Å². The largest absolute Gasteiger partial charge is 0.392 e. The molecule has 0 radical (unpaired) electrons. The molecule has 1 unspecified atom stereocenters. The summed E-state index contributed by atoms with van der Waals surface area (Å²) in [5, 5.41) is 31.1. The number of fused-ring (bicyclic) bond motifs is 1. The second-order valence-electron chi connectivity index (χ2n) is 5.96. The van der Waals surface area contributed by atoms with Gasteiger partial charge in [0.2, 0.25) is 0 Å². The topological polar surface area (TPSA) is 124 Å². The number of rotatable bonds is 4. The highest BCUT2D eigenvalue weighted by atomic mass is 79.9. The van der Waals surface area contributed by atoms with Crippen molar-refractivity contribution in [1.82, 2.24) is 9.55 Å². The maximum Gasteiger partial charge on any atom is 0.312 e. The van der Waals surface area contributed by atoms with Gasteiger partial charge in [0, 0.05) is 19.5 Å². The highest BCUT2D eigenvalue weighted by Gasteiger charge is 2.25. The standard InChI is InChI=1S/C10H8Br3N3O3.C6H2Br3NO2/c1-4(17)3-15-6-2-5(11)7(12)9(16(18)19)8(6)14-10(15)13;7-3-1-5(9)6(10(11)12)2-4(3)8/h2,4,17H,3H2,1H3;1-2H. The Morgan fingerprint density at radius 2 is 1.55 bits per heavy atom. The number of benzene rings is 2. The van der Waals surface area contributed by atoms with Crippen molar-refractivity contribution in [3.63, 3.8) is 0 Å². The van der Waals surface area contributed by atoms with Crippen LogP contribution in [0.2, 0.25) is 0 Å². The molecule has 0 spiro atoms. The minimum Gasteiger partial charge on any atom is -0.392 e. The zero-order valence-electron chi connectivity index (χ0n) is 15.2. The molecule has 0 aliphatic carbocycles. The van der Waals surface area contributed by atoms with Crippen LogP contribution in [0, 0.1) is 20.2 Å². The van der Waals surface area contributed by atoms with Gasteiger partial charge in [0.25, 0.3) is 5.69 Å². The van der Waals surface area contributed by atoms with Crippen molar-refractivity contribution in [2.45, 2.75) is 19.6 Å². The fraction of sp³-hybridized carbons (Fsp3) is 0.188. The Balaban J connectivity index is 0.000000245. The van der Waals surface area contributed by atoms with Crippen molar-refractivity contribution in [2.24, 2.45) is 0 Å². The summed E-state index contributed by atoms with van der Waals surface area (Å²) in [7, 11) is 0. The lowest BCUT2D eigenvalue weighted by Gasteiger charge is -2.08. The molecule has 0 saturated carbocycles. The molecule has 1 aromatic heterocycles. The third-order valence-corrected chi connectivity index (χ3v) is 8.73. The molecule has 0 bridgehead atoms. The maximum absolute atomic E-state index is 11.2. The van der Waals surface area contributed by atoms with Crippen LogP contribution in [0.5, 0.6) is 0 Å². The molecule has 0 aliphatic rings. The van der Waals surface area contributed by atoms with E-state index in [-0.39, 0.29) is 16.9 Å². The van der Waals surface area contributed by atoms with E-state index in [4.69, 9.17) is 0 Å². The monoisotopic (exact) mass is 812 g/mol. The van der Waals surface area contributed by atoms with Crippen molar-refractivity contribution in [3.8, 4) is 0 Å². The van der Waals surface area contributed by atoms with E-state index in [1.165, 1.54) is 6.07 Å². The molecule has 9 nitrogen and oxygen atoms in total. The Bertz CT molecular complexity index is 1180. The van der Waals surface area contributed by atoms with Gasteiger partial charge in [0.15, 0.2) is 10.3 Å². The number of imidazole rings is 1. The number of hydrogen-bond donors (Lipinski definition) is 1. The molecule has 0 aliphatic heterocycles. The first-order valence-electron chi connectivity index (χ1n) is 8.00. The summed E-state index contributed by atoms with van der Waals surface area (Å²) < 4.78 is 4.94. The number of hydrogen-bond acceptors (Lipinski definition) is 6. The minimum absolute atomic E-state index is 0.0464. The Kier molecular flexibility index (Phi) is 9.61. The van der Waals surface area contributed by atoms with Gasteiger partial charge in [-0.3, -0.25) is 20.2 Å². The molecule has 0 saturated heterocycles. The molecular formula is C16H10Br6N4O5. The quantitative estimate of drug-likeness (QED) is 0.165. The SMILES string of the molecule is CC(O)Cn1c(Br)nc2c([N+](=O)[O-])c(Br)c(Br)cc21.O=[N+]([O-])c1cc(Br)c(Br)cc1Br. The van der Waals surface area contributed by atoms with Gasteiger partial charge in [-0.2, -0.15) is 0 Å². The summed E-state index contributed by atoms with van der Waals surface area (Å²) in [5.41, 5.74) is 0.793. The van der Waals surface area contributed by atoms with Gasteiger partial charge in [0.05, 0.1) is 32.5 Å². The van der Waals surface area contributed by atoms with Crippen LogP contribution in [0.4, 0.5) is 11.4 Å². The molecule has 31 heavy (non-hydrogen) atoms. The first kappa shape index (κ1) is 26.8. The number of nitro benzene ring substituents is 2. The van der Waals surface area contributed by atoms with E-state index >= 15 is 0 Å². The summed E-state index contributed by atoms with van der Waals surface area (Å²) in [4.78, 5) is 24.8. The van der Waals surface area contributed by atoms with Gasteiger partial charge in [-0.05, 0) is 115 Å². The van der Waals surface area contributed by atoms with Crippen molar-refractivity contribution < 1.29 is 15.0 Å². The number of nitrogens with zero attached hydrogens (tertiary/aromatic N) is 4. The van der Waals surface area contributed by atoms with Gasteiger partial charge in [-0.15, -0.1) is 0 Å². The first-order valence-corrected chi connectivity index (χ1v) is 12.8. The molecule has 3 aromatic rings. The Morgan fingerprint density at radius 1 is 0.968 bits per heavy atom. The molecule has 2 aromatic carbocycles. The molecule has 1 N–H and O–H groups in total. The van der Waals surface area contributed by atoms with Gasteiger partial charge in [-0.1, -0.05) is 0 Å². The third kappa shape index (κ3) is 6.32. The molecule has 0 fully saturated rings. The van der Waals surface area contributed by atoms with Crippen LogP contribution in [0.1, 0.15) is 6.92 Å². The van der Waals surface area contributed by atoms with Crippen molar-refractivity contribution in [2.75, 3.05) is 0 Å². The van der Waals surface area contributed by atoms with Crippen LogP contribution in [0.25, 0.3) is 11.0 Å². The zero-order valence-corrected chi connectivity index (χ0v) is 24.7. The van der Waals surface area contributed by atoms with Gasteiger partial charge < -0.3 is 9.67 Å². The van der Waals surface area contributed by atoms with Crippen molar-refractivity contribution in [3.05, 3.63) is 65.5 Å². The summed E-state index contributed by atoms with van der Waals surface area (Å²) in [6.07, 6.45) is -0.588. The van der Waals surface area contributed by atoms with E-state index in [9.17, 15) is 25.3 Å². The van der Waals surface area contributed by atoms with E-state index in [1.54, 1.807) is 23.6 Å².